The number of hydrogen-bond acceptors (Lipinski definition) is 5. The number of halogens is 1. The summed E-state index contributed by atoms with van der Waals surface area (Å²) in [6.45, 7) is 0.844. The minimum Gasteiger partial charge on any atom is -0.382 e. The Bertz CT molecular complexity index is 648. The third-order valence-electron chi connectivity index (χ3n) is 2.63. The number of nitrogens with one attached hydrogen (secondary N) is 1. The lowest BCUT2D eigenvalue weighted by Crippen LogP contribution is -2.04. The Labute approximate surface area is 118 Å². The van der Waals surface area contributed by atoms with Crippen molar-refractivity contribution in [1.82, 2.24) is 8.75 Å². The van der Waals surface area contributed by atoms with Gasteiger partial charge in [-0.1, -0.05) is 17.7 Å². The third kappa shape index (κ3) is 2.34. The SMILES string of the molecule is Clc1ccc2nsnc2c1NCCc1cccs1. The molecule has 0 atom stereocenters. The number of aromatic nitrogens is 2. The highest BCUT2D eigenvalue weighted by Gasteiger charge is 2.09. The summed E-state index contributed by atoms with van der Waals surface area (Å²) in [4.78, 5) is 1.36. The number of benzene rings is 1. The lowest BCUT2D eigenvalue weighted by Gasteiger charge is -2.07. The van der Waals surface area contributed by atoms with Crippen LogP contribution >= 0.6 is 34.7 Å². The predicted octanol–water partition coefficient (Wildman–Crippen LogP) is 4.06. The van der Waals surface area contributed by atoms with E-state index in [-0.39, 0.29) is 0 Å². The van der Waals surface area contributed by atoms with Gasteiger partial charge in [0, 0.05) is 11.4 Å². The summed E-state index contributed by atoms with van der Waals surface area (Å²) in [5, 5.41) is 6.15. The summed E-state index contributed by atoms with van der Waals surface area (Å²) < 4.78 is 8.49. The molecule has 0 aliphatic heterocycles. The zero-order chi connectivity index (χ0) is 12.4. The molecule has 1 N–H and O–H groups in total. The lowest BCUT2D eigenvalue weighted by atomic mass is 10.2. The summed E-state index contributed by atoms with van der Waals surface area (Å²) >= 11 is 9.18. The second-order valence-corrected chi connectivity index (χ2v) is 5.78. The van der Waals surface area contributed by atoms with Crippen LogP contribution < -0.4 is 5.32 Å². The van der Waals surface area contributed by atoms with Crippen LogP contribution in [-0.4, -0.2) is 15.3 Å². The Kier molecular flexibility index (Phi) is 3.45. The lowest BCUT2D eigenvalue weighted by molar-refractivity contribution is 1.05. The maximum Gasteiger partial charge on any atom is 0.129 e. The second-order valence-electron chi connectivity index (χ2n) is 3.81. The van der Waals surface area contributed by atoms with Gasteiger partial charge in [-0.2, -0.15) is 8.75 Å². The summed E-state index contributed by atoms with van der Waals surface area (Å²) in [6.07, 6.45) is 0.988. The number of hydrogen-bond donors (Lipinski definition) is 1. The van der Waals surface area contributed by atoms with Crippen LogP contribution in [0.25, 0.3) is 11.0 Å². The normalized spacial score (nSPS) is 10.9. The second kappa shape index (κ2) is 5.22. The number of rotatable bonds is 4. The van der Waals surface area contributed by atoms with Gasteiger partial charge in [-0.3, -0.25) is 0 Å². The van der Waals surface area contributed by atoms with E-state index in [0.717, 1.165) is 29.7 Å². The Morgan fingerprint density at radius 2 is 2.17 bits per heavy atom. The van der Waals surface area contributed by atoms with Crippen molar-refractivity contribution in [3.63, 3.8) is 0 Å². The van der Waals surface area contributed by atoms with Crippen molar-refractivity contribution in [2.75, 3.05) is 11.9 Å². The highest BCUT2D eigenvalue weighted by atomic mass is 35.5. The van der Waals surface area contributed by atoms with Gasteiger partial charge in [-0.05, 0) is 30.0 Å². The van der Waals surface area contributed by atoms with Crippen molar-refractivity contribution < 1.29 is 0 Å². The molecule has 0 unspecified atom stereocenters. The summed E-state index contributed by atoms with van der Waals surface area (Å²) in [5.74, 6) is 0. The number of fused-ring (bicyclic) bond motifs is 1. The number of thiophene rings is 1. The molecule has 0 saturated carbocycles. The zero-order valence-corrected chi connectivity index (χ0v) is 11.8. The summed E-state index contributed by atoms with van der Waals surface area (Å²) in [7, 11) is 0. The van der Waals surface area contributed by atoms with E-state index >= 15 is 0 Å². The van der Waals surface area contributed by atoms with Crippen LogP contribution in [0, 0.1) is 0 Å². The average Bonchev–Trinajstić information content (AvgIpc) is 3.02. The molecule has 18 heavy (non-hydrogen) atoms. The molecule has 0 bridgehead atoms. The molecule has 6 heteroatoms. The van der Waals surface area contributed by atoms with Crippen LogP contribution in [0.2, 0.25) is 5.02 Å². The van der Waals surface area contributed by atoms with Gasteiger partial charge in [0.2, 0.25) is 0 Å². The Morgan fingerprint density at radius 3 is 3.00 bits per heavy atom. The minimum absolute atomic E-state index is 0.696. The van der Waals surface area contributed by atoms with Gasteiger partial charge in [0.05, 0.1) is 22.4 Å². The van der Waals surface area contributed by atoms with E-state index in [1.54, 1.807) is 11.3 Å². The van der Waals surface area contributed by atoms with Crippen LogP contribution in [0.15, 0.2) is 29.6 Å². The first-order chi connectivity index (χ1) is 8.84. The van der Waals surface area contributed by atoms with Gasteiger partial charge in [0.25, 0.3) is 0 Å². The van der Waals surface area contributed by atoms with E-state index in [9.17, 15) is 0 Å². The molecule has 0 aliphatic rings. The molecule has 0 amide bonds. The highest BCUT2D eigenvalue weighted by Crippen LogP contribution is 2.29. The molecule has 0 fully saturated rings. The van der Waals surface area contributed by atoms with Gasteiger partial charge in [-0.15, -0.1) is 11.3 Å². The first-order valence-electron chi connectivity index (χ1n) is 5.51. The standard InChI is InChI=1S/C12H10ClN3S2/c13-9-3-4-10-12(16-18-15-10)11(9)14-6-5-8-2-1-7-17-8/h1-4,7,14H,5-6H2. The molecule has 3 rings (SSSR count). The van der Waals surface area contributed by atoms with Crippen LogP contribution in [0.5, 0.6) is 0 Å². The molecule has 3 aromatic rings. The van der Waals surface area contributed by atoms with Crippen LogP contribution in [0.4, 0.5) is 5.69 Å². The first-order valence-corrected chi connectivity index (χ1v) is 7.50. The molecule has 3 nitrogen and oxygen atoms in total. The van der Waals surface area contributed by atoms with Crippen molar-refractivity contribution in [2.45, 2.75) is 6.42 Å². The van der Waals surface area contributed by atoms with Crippen LogP contribution in [0.3, 0.4) is 0 Å². The molecule has 0 spiro atoms. The predicted molar refractivity (Wildman–Crippen MR) is 78.9 cm³/mol. The molecule has 92 valence electrons. The van der Waals surface area contributed by atoms with Gasteiger partial charge >= 0.3 is 0 Å². The monoisotopic (exact) mass is 295 g/mol. The molecule has 0 saturated heterocycles. The number of anilines is 1. The Balaban J connectivity index is 1.77. The Morgan fingerprint density at radius 1 is 1.22 bits per heavy atom. The number of nitrogens with zero attached hydrogens (tertiary/aromatic N) is 2. The van der Waals surface area contributed by atoms with E-state index in [2.05, 4.69) is 31.6 Å². The van der Waals surface area contributed by atoms with Crippen molar-refractivity contribution in [2.24, 2.45) is 0 Å². The fourth-order valence-corrected chi connectivity index (χ4v) is 3.23. The smallest absolute Gasteiger partial charge is 0.129 e. The van der Waals surface area contributed by atoms with E-state index in [1.807, 2.05) is 12.1 Å². The third-order valence-corrected chi connectivity index (χ3v) is 4.42. The zero-order valence-electron chi connectivity index (χ0n) is 9.39. The van der Waals surface area contributed by atoms with Crippen molar-refractivity contribution in [3.05, 3.63) is 39.5 Å². The molecule has 0 radical (unpaired) electrons. The van der Waals surface area contributed by atoms with E-state index in [1.165, 1.54) is 16.6 Å². The molecule has 0 aliphatic carbocycles. The summed E-state index contributed by atoms with van der Waals surface area (Å²) in [5.41, 5.74) is 2.64. The average molecular weight is 296 g/mol. The van der Waals surface area contributed by atoms with Crippen LogP contribution in [-0.2, 0) is 6.42 Å². The van der Waals surface area contributed by atoms with Crippen LogP contribution in [0.1, 0.15) is 4.88 Å². The van der Waals surface area contributed by atoms with E-state index in [4.69, 9.17) is 11.6 Å². The fourth-order valence-electron chi connectivity index (χ4n) is 1.76. The highest BCUT2D eigenvalue weighted by molar-refractivity contribution is 7.09. The fraction of sp³-hybridized carbons (Fsp3) is 0.167. The largest absolute Gasteiger partial charge is 0.382 e. The van der Waals surface area contributed by atoms with Gasteiger partial charge in [0.15, 0.2) is 0 Å². The maximum atomic E-state index is 6.20. The van der Waals surface area contributed by atoms with E-state index < -0.39 is 0 Å². The molecule has 1 aromatic carbocycles. The van der Waals surface area contributed by atoms with Gasteiger partial charge in [0.1, 0.15) is 11.0 Å². The Hall–Kier alpha value is -1.17. The van der Waals surface area contributed by atoms with E-state index in [0.29, 0.717) is 5.02 Å². The minimum atomic E-state index is 0.696. The summed E-state index contributed by atoms with van der Waals surface area (Å²) in [6, 6.07) is 7.96. The van der Waals surface area contributed by atoms with Gasteiger partial charge in [-0.25, -0.2) is 0 Å². The quantitative estimate of drug-likeness (QED) is 0.789. The maximum absolute atomic E-state index is 6.20. The van der Waals surface area contributed by atoms with Crippen molar-refractivity contribution in [1.29, 1.82) is 0 Å². The van der Waals surface area contributed by atoms with Crippen molar-refractivity contribution in [3.8, 4) is 0 Å². The molecule has 2 heterocycles. The topological polar surface area (TPSA) is 37.8 Å². The first kappa shape index (κ1) is 11.9. The molecule has 2 aromatic heterocycles. The molecular formula is C12H10ClN3S2. The molecular weight excluding hydrogens is 286 g/mol. The van der Waals surface area contributed by atoms with Gasteiger partial charge < -0.3 is 5.32 Å². The van der Waals surface area contributed by atoms with Crippen molar-refractivity contribution >= 4 is 51.4 Å².